The van der Waals surface area contributed by atoms with Crippen LogP contribution in [0.4, 0.5) is 0 Å². The number of hydrogen-bond donors (Lipinski definition) is 0. The lowest BCUT2D eigenvalue weighted by molar-refractivity contribution is 0.0993. The fraction of sp³-hybridized carbons (Fsp3) is 0.391. The SMILES string of the molecule is COc1ccc(CCN(C)C(=NC(=O)c2ccc(Cl)c(Cl)c2)OCC(C)C)cc1OC. The van der Waals surface area contributed by atoms with Crippen LogP contribution in [0.2, 0.25) is 10.0 Å². The molecule has 0 saturated carbocycles. The highest BCUT2D eigenvalue weighted by Gasteiger charge is 2.15. The third-order valence-corrected chi connectivity index (χ3v) is 5.16. The number of methoxy groups -OCH3 is 2. The molecule has 0 unspecified atom stereocenters. The van der Waals surface area contributed by atoms with E-state index in [9.17, 15) is 4.79 Å². The number of hydrogen-bond acceptors (Lipinski definition) is 4. The number of ether oxygens (including phenoxy) is 3. The molecule has 2 aromatic rings. The molecule has 31 heavy (non-hydrogen) atoms. The molecule has 6 nitrogen and oxygen atoms in total. The summed E-state index contributed by atoms with van der Waals surface area (Å²) in [5.41, 5.74) is 1.40. The number of amidine groups is 1. The van der Waals surface area contributed by atoms with Gasteiger partial charge in [-0.15, -0.1) is 0 Å². The van der Waals surface area contributed by atoms with Crippen LogP contribution in [-0.2, 0) is 11.2 Å². The van der Waals surface area contributed by atoms with E-state index in [0.29, 0.717) is 46.7 Å². The number of carbonyl (C=O) groups excluding carboxylic acids is 1. The average Bonchev–Trinajstić information content (AvgIpc) is 2.76. The maximum atomic E-state index is 12.7. The number of likely N-dealkylation sites (N-methyl/N-ethyl adjacent to an activating group) is 1. The predicted molar refractivity (Wildman–Crippen MR) is 125 cm³/mol. The van der Waals surface area contributed by atoms with Gasteiger partial charge in [0.05, 0.1) is 30.9 Å². The summed E-state index contributed by atoms with van der Waals surface area (Å²) in [7, 11) is 5.04. The molecule has 0 radical (unpaired) electrons. The molecule has 0 N–H and O–H groups in total. The summed E-state index contributed by atoms with van der Waals surface area (Å²) in [4.78, 5) is 18.7. The van der Waals surface area contributed by atoms with Crippen LogP contribution in [-0.4, -0.2) is 51.2 Å². The van der Waals surface area contributed by atoms with E-state index in [1.54, 1.807) is 26.4 Å². The first-order valence-corrected chi connectivity index (χ1v) is 10.6. The number of amides is 1. The third-order valence-electron chi connectivity index (χ3n) is 4.42. The normalized spacial score (nSPS) is 11.4. The summed E-state index contributed by atoms with van der Waals surface area (Å²) >= 11 is 12.0. The maximum Gasteiger partial charge on any atom is 0.295 e. The van der Waals surface area contributed by atoms with Crippen molar-refractivity contribution in [3.05, 3.63) is 57.6 Å². The maximum absolute atomic E-state index is 12.7. The van der Waals surface area contributed by atoms with Gasteiger partial charge in [0.1, 0.15) is 0 Å². The van der Waals surface area contributed by atoms with Crippen molar-refractivity contribution in [1.29, 1.82) is 0 Å². The summed E-state index contributed by atoms with van der Waals surface area (Å²) in [6.45, 7) is 5.08. The zero-order valence-corrected chi connectivity index (χ0v) is 20.0. The molecule has 0 spiro atoms. The quantitative estimate of drug-likeness (QED) is 0.387. The Morgan fingerprint density at radius 3 is 2.35 bits per heavy atom. The monoisotopic (exact) mass is 466 g/mol. The molecule has 0 aliphatic rings. The van der Waals surface area contributed by atoms with Crippen molar-refractivity contribution in [2.24, 2.45) is 10.9 Å². The van der Waals surface area contributed by atoms with Gasteiger partial charge in [0.15, 0.2) is 11.5 Å². The number of aliphatic imine (C=N–C) groups is 1. The fourth-order valence-electron chi connectivity index (χ4n) is 2.68. The summed E-state index contributed by atoms with van der Waals surface area (Å²) in [6, 6.07) is 10.7. The van der Waals surface area contributed by atoms with E-state index < -0.39 is 5.91 Å². The molecule has 1 amide bonds. The van der Waals surface area contributed by atoms with E-state index >= 15 is 0 Å². The van der Waals surface area contributed by atoms with Gasteiger partial charge in [0, 0.05) is 19.2 Å². The predicted octanol–water partition coefficient (Wildman–Crippen LogP) is 5.35. The topological polar surface area (TPSA) is 60.4 Å². The molecule has 0 aliphatic heterocycles. The van der Waals surface area contributed by atoms with Crippen LogP contribution < -0.4 is 9.47 Å². The molecule has 0 fully saturated rings. The first kappa shape index (κ1) is 24.8. The van der Waals surface area contributed by atoms with Crippen LogP contribution in [0.25, 0.3) is 0 Å². The van der Waals surface area contributed by atoms with Gasteiger partial charge < -0.3 is 19.1 Å². The Hall–Kier alpha value is -2.44. The van der Waals surface area contributed by atoms with Crippen molar-refractivity contribution in [2.75, 3.05) is 34.4 Å². The Kier molecular flexibility index (Phi) is 9.46. The lowest BCUT2D eigenvalue weighted by Gasteiger charge is -2.22. The van der Waals surface area contributed by atoms with Crippen molar-refractivity contribution in [3.63, 3.8) is 0 Å². The minimum Gasteiger partial charge on any atom is -0.493 e. The summed E-state index contributed by atoms with van der Waals surface area (Å²) in [5.74, 6) is 1.18. The lowest BCUT2D eigenvalue weighted by Crippen LogP contribution is -2.33. The van der Waals surface area contributed by atoms with Gasteiger partial charge in [0.2, 0.25) is 0 Å². The van der Waals surface area contributed by atoms with Crippen LogP contribution in [0.5, 0.6) is 11.5 Å². The molecule has 0 bridgehead atoms. The van der Waals surface area contributed by atoms with Gasteiger partial charge in [-0.1, -0.05) is 43.1 Å². The van der Waals surface area contributed by atoms with Crippen LogP contribution in [0.1, 0.15) is 29.8 Å². The molecule has 8 heteroatoms. The van der Waals surface area contributed by atoms with Crippen molar-refractivity contribution < 1.29 is 19.0 Å². The fourth-order valence-corrected chi connectivity index (χ4v) is 2.98. The summed E-state index contributed by atoms with van der Waals surface area (Å²) in [6.07, 6.45) is 0.696. The van der Waals surface area contributed by atoms with Crippen LogP contribution in [0.15, 0.2) is 41.4 Å². The van der Waals surface area contributed by atoms with E-state index in [-0.39, 0.29) is 11.9 Å². The van der Waals surface area contributed by atoms with Gasteiger partial charge >= 0.3 is 0 Å². The van der Waals surface area contributed by atoms with Crippen LogP contribution in [0, 0.1) is 5.92 Å². The van der Waals surface area contributed by atoms with Gasteiger partial charge in [-0.25, -0.2) is 0 Å². The molecule has 2 aromatic carbocycles. The standard InChI is InChI=1S/C23H28Cl2N2O4/c1-15(2)14-31-23(26-22(28)17-7-8-18(24)19(25)13-17)27(3)11-10-16-6-9-20(29-4)21(12-16)30-5/h6-9,12-13,15H,10-11,14H2,1-5H3. The van der Waals surface area contributed by atoms with Gasteiger partial charge in [-0.2, -0.15) is 4.99 Å². The first-order chi connectivity index (χ1) is 14.7. The Balaban J connectivity index is 2.17. The van der Waals surface area contributed by atoms with Crippen molar-refractivity contribution in [3.8, 4) is 11.5 Å². The zero-order valence-electron chi connectivity index (χ0n) is 18.4. The molecular formula is C23H28Cl2N2O4. The van der Waals surface area contributed by atoms with E-state index in [1.165, 1.54) is 6.07 Å². The zero-order chi connectivity index (χ0) is 23.0. The van der Waals surface area contributed by atoms with Crippen molar-refractivity contribution >= 4 is 35.1 Å². The highest BCUT2D eigenvalue weighted by Crippen LogP contribution is 2.28. The molecule has 0 aliphatic carbocycles. The highest BCUT2D eigenvalue weighted by molar-refractivity contribution is 6.42. The van der Waals surface area contributed by atoms with Crippen molar-refractivity contribution in [2.45, 2.75) is 20.3 Å². The molecule has 0 saturated heterocycles. The number of halogens is 2. The Morgan fingerprint density at radius 2 is 1.74 bits per heavy atom. The molecule has 2 rings (SSSR count). The molecular weight excluding hydrogens is 439 g/mol. The second-order valence-electron chi connectivity index (χ2n) is 7.39. The summed E-state index contributed by atoms with van der Waals surface area (Å²) < 4.78 is 16.5. The number of nitrogens with zero attached hydrogens (tertiary/aromatic N) is 2. The minimum atomic E-state index is -0.449. The van der Waals surface area contributed by atoms with E-state index in [2.05, 4.69) is 4.99 Å². The number of rotatable bonds is 8. The number of carbonyl (C=O) groups is 1. The highest BCUT2D eigenvalue weighted by atomic mass is 35.5. The van der Waals surface area contributed by atoms with Gasteiger partial charge in [-0.3, -0.25) is 4.79 Å². The first-order valence-electron chi connectivity index (χ1n) is 9.88. The lowest BCUT2D eigenvalue weighted by atomic mass is 10.1. The smallest absolute Gasteiger partial charge is 0.295 e. The Bertz CT molecular complexity index is 932. The van der Waals surface area contributed by atoms with E-state index in [1.807, 2.05) is 44.0 Å². The van der Waals surface area contributed by atoms with E-state index in [4.69, 9.17) is 37.4 Å². The second-order valence-corrected chi connectivity index (χ2v) is 8.21. The van der Waals surface area contributed by atoms with Gasteiger partial charge in [0.25, 0.3) is 11.9 Å². The molecule has 0 atom stereocenters. The molecule has 168 valence electrons. The second kappa shape index (κ2) is 11.8. The van der Waals surface area contributed by atoms with Crippen LogP contribution in [0.3, 0.4) is 0 Å². The number of benzene rings is 2. The summed E-state index contributed by atoms with van der Waals surface area (Å²) in [5, 5.41) is 0.680. The average molecular weight is 467 g/mol. The van der Waals surface area contributed by atoms with Crippen molar-refractivity contribution in [1.82, 2.24) is 4.90 Å². The molecule has 0 heterocycles. The molecule has 0 aromatic heterocycles. The van der Waals surface area contributed by atoms with Gasteiger partial charge in [-0.05, 0) is 48.2 Å². The largest absolute Gasteiger partial charge is 0.493 e. The Labute approximate surface area is 193 Å². The minimum absolute atomic E-state index is 0.255. The third kappa shape index (κ3) is 7.33. The van der Waals surface area contributed by atoms with E-state index in [0.717, 1.165) is 5.56 Å². The Morgan fingerprint density at radius 1 is 1.03 bits per heavy atom. The van der Waals surface area contributed by atoms with Crippen LogP contribution >= 0.6 is 23.2 Å².